The number of nitrogens with zero attached hydrogens (tertiary/aromatic N) is 2. The topological polar surface area (TPSA) is 191 Å². The number of benzene rings is 1. The summed E-state index contributed by atoms with van der Waals surface area (Å²) in [4.78, 5) is 58.1. The molecule has 6 N–H and O–H groups in total. The van der Waals surface area contributed by atoms with E-state index >= 15 is 0 Å². The van der Waals surface area contributed by atoms with E-state index in [0.29, 0.717) is 5.69 Å². The molecule has 1 heterocycles. The van der Waals surface area contributed by atoms with Crippen LogP contribution in [-0.4, -0.2) is 79.3 Å². The summed E-state index contributed by atoms with van der Waals surface area (Å²) in [6, 6.07) is 6.70. The van der Waals surface area contributed by atoms with Crippen LogP contribution in [0.2, 0.25) is 0 Å². The van der Waals surface area contributed by atoms with Crippen molar-refractivity contribution in [2.75, 3.05) is 14.1 Å². The Hall–Kier alpha value is -4.35. The molecule has 4 atom stereocenters. The number of aliphatic hydroxyl groups is 3. The molecule has 0 radical (unpaired) electrons. The van der Waals surface area contributed by atoms with Gasteiger partial charge in [-0.25, -0.2) is 0 Å². The van der Waals surface area contributed by atoms with Crippen molar-refractivity contribution in [1.29, 1.82) is 0 Å². The number of ketones is 3. The van der Waals surface area contributed by atoms with Crippen LogP contribution in [0.5, 0.6) is 5.75 Å². The van der Waals surface area contributed by atoms with Crippen molar-refractivity contribution in [2.24, 2.45) is 17.6 Å². The summed E-state index contributed by atoms with van der Waals surface area (Å²) < 4.78 is 0. The average Bonchev–Trinajstić information content (AvgIpc) is 2.86. The lowest BCUT2D eigenvalue weighted by molar-refractivity contribution is -0.148. The molecule has 1 aromatic heterocycles. The number of aromatic nitrogens is 1. The van der Waals surface area contributed by atoms with Gasteiger partial charge in [-0.05, 0) is 62.7 Å². The number of nitrogens with two attached hydrogens (primary N) is 1. The van der Waals surface area contributed by atoms with Crippen molar-refractivity contribution in [2.45, 2.75) is 30.9 Å². The summed E-state index contributed by atoms with van der Waals surface area (Å²) in [6.07, 6.45) is 1.49. The van der Waals surface area contributed by atoms with Crippen molar-refractivity contribution in [3.8, 4) is 5.75 Å². The number of aromatic hydroxyl groups is 1. The fourth-order valence-corrected chi connectivity index (χ4v) is 6.27. The van der Waals surface area contributed by atoms with Crippen LogP contribution >= 0.6 is 0 Å². The SMILES string of the molecule is CN(C)[C@@H]1C(O)=C(C(N)=O)C(=O)[C@@]2(O)C(O)=C3C(=O)c4c(O)ccc(C(=O)Cc5ccccn5)c4C[C@H]3C[C@@H]12. The molecule has 1 aromatic carbocycles. The van der Waals surface area contributed by atoms with Crippen molar-refractivity contribution in [1.82, 2.24) is 9.88 Å². The van der Waals surface area contributed by atoms with Gasteiger partial charge in [-0.2, -0.15) is 0 Å². The molecule has 2 aromatic rings. The highest BCUT2D eigenvalue weighted by Gasteiger charge is 2.63. The van der Waals surface area contributed by atoms with Crippen LogP contribution < -0.4 is 5.73 Å². The first-order chi connectivity index (χ1) is 18.4. The lowest BCUT2D eigenvalue weighted by Gasteiger charge is -2.50. The molecule has 202 valence electrons. The van der Waals surface area contributed by atoms with E-state index in [-0.39, 0.29) is 47.3 Å². The maximum Gasteiger partial charge on any atom is 0.255 e. The Morgan fingerprint density at radius 1 is 1.13 bits per heavy atom. The zero-order valence-electron chi connectivity index (χ0n) is 21.2. The number of primary amides is 1. The Bertz CT molecular complexity index is 1510. The monoisotopic (exact) mass is 533 g/mol. The second kappa shape index (κ2) is 9.14. The highest BCUT2D eigenvalue weighted by molar-refractivity contribution is 6.25. The molecule has 0 spiro atoms. The van der Waals surface area contributed by atoms with E-state index in [1.807, 2.05) is 0 Å². The van der Waals surface area contributed by atoms with Gasteiger partial charge in [-0.15, -0.1) is 0 Å². The van der Waals surface area contributed by atoms with Gasteiger partial charge in [0.2, 0.25) is 5.78 Å². The van der Waals surface area contributed by atoms with Gasteiger partial charge in [0.05, 0.1) is 18.0 Å². The quantitative estimate of drug-likeness (QED) is 0.273. The van der Waals surface area contributed by atoms with Crippen LogP contribution in [0.15, 0.2) is 59.2 Å². The number of carbonyl (C=O) groups is 4. The van der Waals surface area contributed by atoms with Crippen LogP contribution in [0.4, 0.5) is 0 Å². The van der Waals surface area contributed by atoms with E-state index in [2.05, 4.69) is 4.98 Å². The number of pyridine rings is 1. The van der Waals surface area contributed by atoms with Gasteiger partial charge >= 0.3 is 0 Å². The number of amides is 1. The van der Waals surface area contributed by atoms with Crippen LogP contribution in [0, 0.1) is 11.8 Å². The molecule has 5 rings (SSSR count). The number of phenols is 1. The Labute approximate surface area is 222 Å². The van der Waals surface area contributed by atoms with E-state index in [1.165, 1.54) is 17.0 Å². The molecule has 0 saturated heterocycles. The first-order valence-electron chi connectivity index (χ1n) is 12.3. The van der Waals surface area contributed by atoms with Gasteiger partial charge in [-0.3, -0.25) is 29.1 Å². The highest BCUT2D eigenvalue weighted by atomic mass is 16.3. The first-order valence-corrected chi connectivity index (χ1v) is 12.3. The molecular weight excluding hydrogens is 506 g/mol. The van der Waals surface area contributed by atoms with Gasteiger partial charge in [0.1, 0.15) is 22.8 Å². The molecule has 1 amide bonds. The fourth-order valence-electron chi connectivity index (χ4n) is 6.27. The van der Waals surface area contributed by atoms with Gasteiger partial charge in [0.15, 0.2) is 17.2 Å². The summed E-state index contributed by atoms with van der Waals surface area (Å²) in [5, 5.41) is 44.4. The number of hydrogen-bond donors (Lipinski definition) is 5. The Morgan fingerprint density at radius 3 is 2.46 bits per heavy atom. The normalized spacial score (nSPS) is 26.3. The summed E-state index contributed by atoms with van der Waals surface area (Å²) in [6.45, 7) is 0. The van der Waals surface area contributed by atoms with Crippen LogP contribution in [-0.2, 0) is 22.4 Å². The van der Waals surface area contributed by atoms with Gasteiger partial charge < -0.3 is 26.2 Å². The third kappa shape index (κ3) is 3.76. The lowest BCUT2D eigenvalue weighted by atomic mass is 9.58. The van der Waals surface area contributed by atoms with E-state index < -0.39 is 63.8 Å². The minimum absolute atomic E-state index is 0.0340. The predicted octanol–water partition coefficient (Wildman–Crippen LogP) is 0.941. The van der Waals surface area contributed by atoms with E-state index in [4.69, 9.17) is 5.73 Å². The molecule has 0 fully saturated rings. The molecule has 3 aliphatic rings. The van der Waals surface area contributed by atoms with Gasteiger partial charge in [-0.1, -0.05) is 6.07 Å². The van der Waals surface area contributed by atoms with Crippen LogP contribution in [0.3, 0.4) is 0 Å². The molecule has 39 heavy (non-hydrogen) atoms. The van der Waals surface area contributed by atoms with Crippen molar-refractivity contribution >= 4 is 23.3 Å². The third-order valence-electron chi connectivity index (χ3n) is 7.97. The third-order valence-corrected chi connectivity index (χ3v) is 7.97. The Kier molecular flexibility index (Phi) is 6.15. The van der Waals surface area contributed by atoms with E-state index in [0.717, 1.165) is 0 Å². The van der Waals surface area contributed by atoms with Crippen molar-refractivity contribution in [3.63, 3.8) is 0 Å². The van der Waals surface area contributed by atoms with Gasteiger partial charge in [0.25, 0.3) is 5.91 Å². The minimum atomic E-state index is -2.72. The lowest BCUT2D eigenvalue weighted by Crippen LogP contribution is -2.63. The van der Waals surface area contributed by atoms with Crippen LogP contribution in [0.25, 0.3) is 0 Å². The second-order valence-electron chi connectivity index (χ2n) is 10.4. The smallest absolute Gasteiger partial charge is 0.255 e. The molecule has 0 unspecified atom stereocenters. The van der Waals surface area contributed by atoms with E-state index in [9.17, 15) is 39.6 Å². The first kappa shape index (κ1) is 26.3. The van der Waals surface area contributed by atoms with Crippen LogP contribution in [0.1, 0.15) is 38.4 Å². The number of carbonyl (C=O) groups excluding carboxylic acids is 4. The largest absolute Gasteiger partial charge is 0.510 e. The van der Waals surface area contributed by atoms with Crippen molar-refractivity contribution in [3.05, 3.63) is 81.6 Å². The standard InChI is InChI=1S/C28H27N3O8/c1-31(2)22-16-10-12-9-15-14(18(33)11-13-5-3-4-8-30-13)6-7-17(32)20(15)23(34)19(12)25(36)28(16,39)26(37)21(24(22)35)27(29)38/h3-8,12,16,22,32,35-36,39H,9-11H2,1-2H3,(H2,29,38)/t12-,16-,22-,28-/m0/s1. The molecule has 11 nitrogen and oxygen atoms in total. The number of hydrogen-bond acceptors (Lipinski definition) is 10. The average molecular weight is 534 g/mol. The minimum Gasteiger partial charge on any atom is -0.510 e. The molecule has 11 heteroatoms. The zero-order valence-corrected chi connectivity index (χ0v) is 21.2. The molecular formula is C28H27N3O8. The molecule has 0 saturated carbocycles. The summed E-state index contributed by atoms with van der Waals surface area (Å²) in [7, 11) is 3.11. The molecule has 0 aliphatic heterocycles. The molecule has 3 aliphatic carbocycles. The molecule has 0 bridgehead atoms. The Balaban J connectivity index is 1.65. The summed E-state index contributed by atoms with van der Waals surface area (Å²) >= 11 is 0. The number of allylic oxidation sites excluding steroid dienone is 1. The number of rotatable bonds is 5. The summed E-state index contributed by atoms with van der Waals surface area (Å²) in [5.74, 6) is -7.69. The predicted molar refractivity (Wildman–Crippen MR) is 136 cm³/mol. The van der Waals surface area contributed by atoms with Gasteiger partial charge in [0, 0.05) is 28.9 Å². The van der Waals surface area contributed by atoms with Crippen molar-refractivity contribution < 1.29 is 39.6 Å². The summed E-state index contributed by atoms with van der Waals surface area (Å²) in [5.41, 5.74) is 2.29. The number of aliphatic hydroxyl groups excluding tert-OH is 2. The number of Topliss-reactive ketones (excluding diaryl/α,β-unsaturated/α-hetero) is 3. The second-order valence-corrected chi connectivity index (χ2v) is 10.4. The number of phenolic OH excluding ortho intramolecular Hbond substituents is 1. The maximum atomic E-state index is 13.7. The maximum absolute atomic E-state index is 13.7. The number of fused-ring (bicyclic) bond motifs is 3. The number of likely N-dealkylation sites (N-methyl/N-ethyl adjacent to an activating group) is 1. The fraction of sp³-hybridized carbons (Fsp3) is 0.321. The highest BCUT2D eigenvalue weighted by Crippen LogP contribution is 2.52. The zero-order chi connectivity index (χ0) is 28.4. The van der Waals surface area contributed by atoms with E-state index in [1.54, 1.807) is 38.5 Å². The Morgan fingerprint density at radius 2 is 1.85 bits per heavy atom.